The molecule has 0 amide bonds. The van der Waals surface area contributed by atoms with Crippen LogP contribution in [0.15, 0.2) is 36.4 Å². The van der Waals surface area contributed by atoms with E-state index in [-0.39, 0.29) is 0 Å². The fourth-order valence-electron chi connectivity index (χ4n) is 1.90. The van der Waals surface area contributed by atoms with Crippen molar-refractivity contribution in [1.29, 1.82) is 0 Å². The van der Waals surface area contributed by atoms with Crippen LogP contribution >= 0.6 is 11.6 Å². The Kier molecular flexibility index (Phi) is 4.46. The molecular weight excluding hydrogens is 258 g/mol. The number of hydrogen-bond acceptors (Lipinski definition) is 2. The van der Waals surface area contributed by atoms with Gasteiger partial charge in [0.15, 0.2) is 0 Å². The second-order valence-electron chi connectivity index (χ2n) is 4.60. The van der Waals surface area contributed by atoms with Crippen molar-refractivity contribution in [3.05, 3.63) is 58.1 Å². The Balaban J connectivity index is 2.26. The highest BCUT2D eigenvalue weighted by Gasteiger charge is 2.07. The molecule has 0 atom stereocenters. The standard InChI is InChI=1S/C16H18ClNO/c1-11-4-3-5-15(12(11)2)19-16-7-6-13(8-9-18)10-14(16)17/h3-7,10H,8-9,18H2,1-2H3. The molecule has 0 spiro atoms. The average Bonchev–Trinajstić information content (AvgIpc) is 2.38. The van der Waals surface area contributed by atoms with E-state index in [0.717, 1.165) is 23.3 Å². The molecule has 100 valence electrons. The predicted molar refractivity (Wildman–Crippen MR) is 80.2 cm³/mol. The van der Waals surface area contributed by atoms with Crippen LogP contribution in [0.4, 0.5) is 0 Å². The first-order chi connectivity index (χ1) is 9.11. The van der Waals surface area contributed by atoms with E-state index >= 15 is 0 Å². The molecule has 2 aromatic carbocycles. The molecule has 0 bridgehead atoms. The van der Waals surface area contributed by atoms with Crippen molar-refractivity contribution in [2.75, 3.05) is 6.54 Å². The monoisotopic (exact) mass is 275 g/mol. The Hall–Kier alpha value is -1.51. The molecular formula is C16H18ClNO. The van der Waals surface area contributed by atoms with Crippen LogP contribution in [0, 0.1) is 13.8 Å². The number of aryl methyl sites for hydroxylation is 1. The van der Waals surface area contributed by atoms with Crippen molar-refractivity contribution in [1.82, 2.24) is 0 Å². The van der Waals surface area contributed by atoms with E-state index in [0.29, 0.717) is 17.3 Å². The molecule has 0 saturated carbocycles. The summed E-state index contributed by atoms with van der Waals surface area (Å²) in [5.41, 5.74) is 8.99. The lowest BCUT2D eigenvalue weighted by atomic mass is 10.1. The summed E-state index contributed by atoms with van der Waals surface area (Å²) in [6, 6.07) is 11.8. The molecule has 3 heteroatoms. The van der Waals surface area contributed by atoms with Crippen LogP contribution in [-0.4, -0.2) is 6.54 Å². The number of benzene rings is 2. The van der Waals surface area contributed by atoms with E-state index in [1.807, 2.05) is 37.3 Å². The molecule has 0 unspecified atom stereocenters. The zero-order valence-electron chi connectivity index (χ0n) is 11.2. The number of nitrogens with two attached hydrogens (primary N) is 1. The lowest BCUT2D eigenvalue weighted by Gasteiger charge is -2.12. The van der Waals surface area contributed by atoms with Gasteiger partial charge in [0.05, 0.1) is 5.02 Å². The molecule has 0 saturated heterocycles. The fraction of sp³-hybridized carbons (Fsp3) is 0.250. The summed E-state index contributed by atoms with van der Waals surface area (Å²) in [7, 11) is 0. The minimum atomic E-state index is 0.617. The fourth-order valence-corrected chi connectivity index (χ4v) is 2.14. The first-order valence-corrected chi connectivity index (χ1v) is 6.72. The second kappa shape index (κ2) is 6.09. The summed E-state index contributed by atoms with van der Waals surface area (Å²) in [5, 5.41) is 0.617. The van der Waals surface area contributed by atoms with Gasteiger partial charge in [-0.05, 0) is 61.7 Å². The summed E-state index contributed by atoms with van der Waals surface area (Å²) in [6.07, 6.45) is 0.823. The second-order valence-corrected chi connectivity index (χ2v) is 5.01. The quantitative estimate of drug-likeness (QED) is 0.905. The van der Waals surface area contributed by atoms with Gasteiger partial charge in [0, 0.05) is 0 Å². The van der Waals surface area contributed by atoms with Gasteiger partial charge in [-0.3, -0.25) is 0 Å². The molecule has 2 aromatic rings. The number of halogens is 1. The first-order valence-electron chi connectivity index (χ1n) is 6.34. The van der Waals surface area contributed by atoms with Crippen LogP contribution in [0.1, 0.15) is 16.7 Å². The van der Waals surface area contributed by atoms with Gasteiger partial charge in [-0.15, -0.1) is 0 Å². The first kappa shape index (κ1) is 13.9. The van der Waals surface area contributed by atoms with Crippen molar-refractivity contribution in [2.45, 2.75) is 20.3 Å². The van der Waals surface area contributed by atoms with Gasteiger partial charge >= 0.3 is 0 Å². The van der Waals surface area contributed by atoms with Crippen molar-refractivity contribution in [3.8, 4) is 11.5 Å². The van der Waals surface area contributed by atoms with Gasteiger partial charge in [-0.1, -0.05) is 29.8 Å². The van der Waals surface area contributed by atoms with Crippen LogP contribution in [0.5, 0.6) is 11.5 Å². The van der Waals surface area contributed by atoms with Crippen LogP contribution in [0.3, 0.4) is 0 Å². The van der Waals surface area contributed by atoms with Crippen LogP contribution in [0.2, 0.25) is 5.02 Å². The summed E-state index contributed by atoms with van der Waals surface area (Å²) in [5.74, 6) is 1.52. The molecule has 0 radical (unpaired) electrons. The number of rotatable bonds is 4. The Morgan fingerprint density at radius 3 is 2.58 bits per heavy atom. The van der Waals surface area contributed by atoms with Crippen LogP contribution in [0.25, 0.3) is 0 Å². The van der Waals surface area contributed by atoms with Gasteiger partial charge in [-0.2, -0.15) is 0 Å². The van der Waals surface area contributed by atoms with Crippen molar-refractivity contribution >= 4 is 11.6 Å². The van der Waals surface area contributed by atoms with Crippen molar-refractivity contribution in [3.63, 3.8) is 0 Å². The Morgan fingerprint density at radius 2 is 1.89 bits per heavy atom. The maximum Gasteiger partial charge on any atom is 0.146 e. The van der Waals surface area contributed by atoms with Gasteiger partial charge < -0.3 is 10.5 Å². The summed E-state index contributed by atoms with van der Waals surface area (Å²) >= 11 is 6.24. The molecule has 19 heavy (non-hydrogen) atoms. The minimum absolute atomic E-state index is 0.617. The maximum absolute atomic E-state index is 6.24. The Morgan fingerprint density at radius 1 is 1.11 bits per heavy atom. The average molecular weight is 276 g/mol. The molecule has 0 aliphatic rings. The highest BCUT2D eigenvalue weighted by atomic mass is 35.5. The Labute approximate surface area is 119 Å². The van der Waals surface area contributed by atoms with E-state index in [1.165, 1.54) is 5.56 Å². The third-order valence-corrected chi connectivity index (χ3v) is 3.50. The molecule has 2 nitrogen and oxygen atoms in total. The Bertz CT molecular complexity index is 581. The zero-order chi connectivity index (χ0) is 13.8. The SMILES string of the molecule is Cc1cccc(Oc2ccc(CCN)cc2Cl)c1C. The number of hydrogen-bond donors (Lipinski definition) is 1. The summed E-state index contributed by atoms with van der Waals surface area (Å²) in [4.78, 5) is 0. The number of ether oxygens (including phenoxy) is 1. The molecule has 0 aliphatic carbocycles. The van der Waals surface area contributed by atoms with E-state index in [4.69, 9.17) is 22.1 Å². The molecule has 0 aliphatic heterocycles. The topological polar surface area (TPSA) is 35.2 Å². The van der Waals surface area contributed by atoms with Gasteiger partial charge in [0.2, 0.25) is 0 Å². The third-order valence-electron chi connectivity index (χ3n) is 3.20. The lowest BCUT2D eigenvalue weighted by molar-refractivity contribution is 0.478. The van der Waals surface area contributed by atoms with Crippen LogP contribution in [-0.2, 0) is 6.42 Å². The van der Waals surface area contributed by atoms with Gasteiger partial charge in [-0.25, -0.2) is 0 Å². The molecule has 0 aromatic heterocycles. The smallest absolute Gasteiger partial charge is 0.146 e. The molecule has 0 heterocycles. The van der Waals surface area contributed by atoms with Crippen LogP contribution < -0.4 is 10.5 Å². The van der Waals surface area contributed by atoms with E-state index in [2.05, 4.69) is 13.0 Å². The molecule has 2 rings (SSSR count). The van der Waals surface area contributed by atoms with E-state index in [1.54, 1.807) is 0 Å². The summed E-state index contributed by atoms with van der Waals surface area (Å²) < 4.78 is 5.89. The highest BCUT2D eigenvalue weighted by molar-refractivity contribution is 6.32. The van der Waals surface area contributed by atoms with Gasteiger partial charge in [0.1, 0.15) is 11.5 Å². The lowest BCUT2D eigenvalue weighted by Crippen LogP contribution is -2.02. The maximum atomic E-state index is 6.24. The third kappa shape index (κ3) is 3.28. The van der Waals surface area contributed by atoms with Crippen molar-refractivity contribution in [2.24, 2.45) is 5.73 Å². The van der Waals surface area contributed by atoms with Gasteiger partial charge in [0.25, 0.3) is 0 Å². The molecule has 0 fully saturated rings. The van der Waals surface area contributed by atoms with E-state index in [9.17, 15) is 0 Å². The van der Waals surface area contributed by atoms with Crippen molar-refractivity contribution < 1.29 is 4.74 Å². The predicted octanol–water partition coefficient (Wildman–Crippen LogP) is 4.25. The minimum Gasteiger partial charge on any atom is -0.456 e. The summed E-state index contributed by atoms with van der Waals surface area (Å²) in [6.45, 7) is 4.73. The van der Waals surface area contributed by atoms with E-state index < -0.39 is 0 Å². The largest absolute Gasteiger partial charge is 0.456 e. The zero-order valence-corrected chi connectivity index (χ0v) is 12.0. The normalized spacial score (nSPS) is 10.5. The molecule has 2 N–H and O–H groups in total. The highest BCUT2D eigenvalue weighted by Crippen LogP contribution is 2.32.